The maximum Gasteiger partial charge on any atom is 0.343 e. The standard InChI is InChI=1S/C9H7NO8S/c1-19(17,18)4-2-5(8(11)12)7(9(13)14)6(3-4)10(15)16/h2-3H,1H3,(H,11,12)(H,13,14). The fourth-order valence-corrected chi connectivity index (χ4v) is 2.01. The Morgan fingerprint density at radius 1 is 1.21 bits per heavy atom. The van der Waals surface area contributed by atoms with E-state index in [2.05, 4.69) is 0 Å². The molecule has 0 amide bonds. The van der Waals surface area contributed by atoms with E-state index in [1.54, 1.807) is 0 Å². The molecule has 19 heavy (non-hydrogen) atoms. The van der Waals surface area contributed by atoms with E-state index in [1.165, 1.54) is 0 Å². The molecule has 0 spiro atoms. The molecule has 1 aromatic carbocycles. The summed E-state index contributed by atoms with van der Waals surface area (Å²) in [6, 6.07) is 1.10. The van der Waals surface area contributed by atoms with Gasteiger partial charge in [-0.05, 0) is 6.07 Å². The van der Waals surface area contributed by atoms with Crippen molar-refractivity contribution in [1.82, 2.24) is 0 Å². The monoisotopic (exact) mass is 289 g/mol. The maximum atomic E-state index is 11.3. The van der Waals surface area contributed by atoms with Gasteiger partial charge in [-0.15, -0.1) is 0 Å². The molecule has 0 radical (unpaired) electrons. The Labute approximate surface area is 106 Å². The van der Waals surface area contributed by atoms with Crippen LogP contribution < -0.4 is 0 Å². The van der Waals surface area contributed by atoms with Crippen LogP contribution >= 0.6 is 0 Å². The molecule has 1 rings (SSSR count). The van der Waals surface area contributed by atoms with Crippen LogP contribution in [0.4, 0.5) is 5.69 Å². The first-order valence-electron chi connectivity index (χ1n) is 4.54. The van der Waals surface area contributed by atoms with Crippen LogP contribution in [0.1, 0.15) is 20.7 Å². The Hall–Kier alpha value is -2.49. The number of carboxylic acid groups (broad SMARTS) is 2. The molecule has 0 aliphatic carbocycles. The molecule has 0 fully saturated rings. The highest BCUT2D eigenvalue weighted by Crippen LogP contribution is 2.27. The van der Waals surface area contributed by atoms with Crippen molar-refractivity contribution in [2.24, 2.45) is 0 Å². The van der Waals surface area contributed by atoms with Gasteiger partial charge in [-0.1, -0.05) is 0 Å². The van der Waals surface area contributed by atoms with Crippen LogP contribution in [-0.2, 0) is 9.84 Å². The summed E-state index contributed by atoms with van der Waals surface area (Å²) in [4.78, 5) is 30.7. The first kappa shape index (κ1) is 14.6. The Kier molecular flexibility index (Phi) is 3.56. The third-order valence-electron chi connectivity index (χ3n) is 2.16. The fraction of sp³-hybridized carbons (Fsp3) is 0.111. The third kappa shape index (κ3) is 2.85. The van der Waals surface area contributed by atoms with E-state index in [-0.39, 0.29) is 0 Å². The number of rotatable bonds is 4. The molecule has 0 saturated heterocycles. The van der Waals surface area contributed by atoms with Crippen molar-refractivity contribution >= 4 is 27.5 Å². The Bertz CT molecular complexity index is 655. The predicted octanol–water partition coefficient (Wildman–Crippen LogP) is 0.395. The summed E-state index contributed by atoms with van der Waals surface area (Å²) in [5.74, 6) is -3.60. The highest BCUT2D eigenvalue weighted by atomic mass is 32.2. The van der Waals surface area contributed by atoms with Crippen molar-refractivity contribution in [3.05, 3.63) is 33.4 Å². The van der Waals surface area contributed by atoms with Crippen molar-refractivity contribution in [2.45, 2.75) is 4.90 Å². The molecule has 10 heteroatoms. The molecule has 0 aliphatic rings. The van der Waals surface area contributed by atoms with Gasteiger partial charge in [0.25, 0.3) is 5.69 Å². The first-order chi connectivity index (χ1) is 8.55. The molecular formula is C9H7NO8S. The molecule has 1 aromatic rings. The number of sulfone groups is 1. The second-order valence-electron chi connectivity index (χ2n) is 3.50. The van der Waals surface area contributed by atoms with Crippen molar-refractivity contribution in [1.29, 1.82) is 0 Å². The number of hydrogen-bond acceptors (Lipinski definition) is 6. The Morgan fingerprint density at radius 2 is 1.74 bits per heavy atom. The van der Waals surface area contributed by atoms with Crippen LogP contribution in [0.5, 0.6) is 0 Å². The average molecular weight is 289 g/mol. The summed E-state index contributed by atoms with van der Waals surface area (Å²) >= 11 is 0. The summed E-state index contributed by atoms with van der Waals surface area (Å²) in [5, 5.41) is 28.4. The van der Waals surface area contributed by atoms with Gasteiger partial charge in [0.1, 0.15) is 0 Å². The lowest BCUT2D eigenvalue weighted by Gasteiger charge is -2.05. The molecule has 0 atom stereocenters. The van der Waals surface area contributed by atoms with Crippen LogP contribution in [0.15, 0.2) is 17.0 Å². The van der Waals surface area contributed by atoms with Gasteiger partial charge in [0, 0.05) is 12.3 Å². The van der Waals surface area contributed by atoms with Crippen LogP contribution in [0.25, 0.3) is 0 Å². The van der Waals surface area contributed by atoms with E-state index in [0.29, 0.717) is 12.1 Å². The molecule has 0 bridgehead atoms. The van der Waals surface area contributed by atoms with Gasteiger partial charge >= 0.3 is 11.9 Å². The number of carbonyl (C=O) groups is 2. The molecule has 2 N–H and O–H groups in total. The second-order valence-corrected chi connectivity index (χ2v) is 5.52. The van der Waals surface area contributed by atoms with Crippen LogP contribution in [-0.4, -0.2) is 41.7 Å². The molecule has 0 unspecified atom stereocenters. The first-order valence-corrected chi connectivity index (χ1v) is 6.44. The molecule has 0 saturated carbocycles. The number of nitro groups is 1. The van der Waals surface area contributed by atoms with E-state index in [0.717, 1.165) is 6.26 Å². The molecule has 102 valence electrons. The SMILES string of the molecule is CS(=O)(=O)c1cc(C(=O)O)c(C(=O)O)c([N+](=O)[O-])c1. The largest absolute Gasteiger partial charge is 0.478 e. The van der Waals surface area contributed by atoms with E-state index in [9.17, 15) is 28.1 Å². The number of carboxylic acids is 2. The molecular weight excluding hydrogens is 282 g/mol. The van der Waals surface area contributed by atoms with E-state index in [4.69, 9.17) is 10.2 Å². The van der Waals surface area contributed by atoms with E-state index >= 15 is 0 Å². The zero-order chi connectivity index (χ0) is 15.0. The van der Waals surface area contributed by atoms with Gasteiger partial charge < -0.3 is 10.2 Å². The molecule has 0 heterocycles. The fourth-order valence-electron chi connectivity index (χ4n) is 1.35. The van der Waals surface area contributed by atoms with Crippen LogP contribution in [0, 0.1) is 10.1 Å². The lowest BCUT2D eigenvalue weighted by molar-refractivity contribution is -0.385. The second kappa shape index (κ2) is 4.65. The number of nitro benzene ring substituents is 1. The minimum Gasteiger partial charge on any atom is -0.478 e. The van der Waals surface area contributed by atoms with Gasteiger partial charge in [0.2, 0.25) is 0 Å². The van der Waals surface area contributed by atoms with Crippen molar-refractivity contribution in [3.8, 4) is 0 Å². The topological polar surface area (TPSA) is 152 Å². The zero-order valence-electron chi connectivity index (χ0n) is 9.35. The average Bonchev–Trinajstić information content (AvgIpc) is 2.25. The number of nitrogens with zero attached hydrogens (tertiary/aromatic N) is 1. The third-order valence-corrected chi connectivity index (χ3v) is 3.25. The quantitative estimate of drug-likeness (QED) is 0.596. The zero-order valence-corrected chi connectivity index (χ0v) is 10.2. The lowest BCUT2D eigenvalue weighted by Crippen LogP contribution is -2.13. The van der Waals surface area contributed by atoms with Gasteiger partial charge in [-0.25, -0.2) is 18.0 Å². The Balaban J connectivity index is 3.89. The summed E-state index contributed by atoms with van der Waals surface area (Å²) in [5.41, 5.74) is -3.11. The summed E-state index contributed by atoms with van der Waals surface area (Å²) in [6.07, 6.45) is 0.720. The lowest BCUT2D eigenvalue weighted by atomic mass is 10.1. The minimum absolute atomic E-state index is 0.519. The van der Waals surface area contributed by atoms with Crippen molar-refractivity contribution in [2.75, 3.05) is 6.26 Å². The maximum absolute atomic E-state index is 11.3. The molecule has 0 aromatic heterocycles. The van der Waals surface area contributed by atoms with Gasteiger partial charge in [0.05, 0.1) is 15.4 Å². The molecule has 0 aliphatic heterocycles. The number of aromatic carboxylic acids is 2. The number of hydrogen-bond donors (Lipinski definition) is 2. The van der Waals surface area contributed by atoms with Gasteiger partial charge in [-0.2, -0.15) is 0 Å². The van der Waals surface area contributed by atoms with E-state index < -0.39 is 48.4 Å². The molecule has 9 nitrogen and oxygen atoms in total. The normalized spacial score (nSPS) is 11.0. The highest BCUT2D eigenvalue weighted by Gasteiger charge is 2.30. The van der Waals surface area contributed by atoms with Gasteiger partial charge in [-0.3, -0.25) is 10.1 Å². The van der Waals surface area contributed by atoms with E-state index in [1.807, 2.05) is 0 Å². The predicted molar refractivity (Wildman–Crippen MR) is 60.1 cm³/mol. The summed E-state index contributed by atoms with van der Waals surface area (Å²) in [7, 11) is -3.92. The van der Waals surface area contributed by atoms with Crippen molar-refractivity contribution < 1.29 is 33.1 Å². The van der Waals surface area contributed by atoms with Crippen LogP contribution in [0.3, 0.4) is 0 Å². The Morgan fingerprint density at radius 3 is 2.05 bits per heavy atom. The summed E-state index contributed by atoms with van der Waals surface area (Å²) in [6.45, 7) is 0. The summed E-state index contributed by atoms with van der Waals surface area (Å²) < 4.78 is 22.6. The smallest absolute Gasteiger partial charge is 0.343 e. The highest BCUT2D eigenvalue weighted by molar-refractivity contribution is 7.90. The van der Waals surface area contributed by atoms with Crippen molar-refractivity contribution in [3.63, 3.8) is 0 Å². The van der Waals surface area contributed by atoms with Crippen LogP contribution in [0.2, 0.25) is 0 Å². The minimum atomic E-state index is -3.92. The number of benzene rings is 1. The van der Waals surface area contributed by atoms with Gasteiger partial charge in [0.15, 0.2) is 15.4 Å².